The van der Waals surface area contributed by atoms with Crippen LogP contribution in [0.2, 0.25) is 0 Å². The first-order valence-electron chi connectivity index (χ1n) is 6.30. The van der Waals surface area contributed by atoms with Gasteiger partial charge in [0.2, 0.25) is 0 Å². The highest BCUT2D eigenvalue weighted by molar-refractivity contribution is 5.12. The highest BCUT2D eigenvalue weighted by Crippen LogP contribution is 2.43. The molecule has 1 fully saturated rings. The van der Waals surface area contributed by atoms with Crippen LogP contribution in [0, 0.1) is 11.3 Å². The maximum absolute atomic E-state index is 5.82. The quantitative estimate of drug-likeness (QED) is 0.626. The summed E-state index contributed by atoms with van der Waals surface area (Å²) in [6.07, 6.45) is 4.49. The molecule has 0 bridgehead atoms. The average Bonchev–Trinajstić information content (AvgIpc) is 2.53. The molecule has 0 aromatic heterocycles. The third-order valence-electron chi connectivity index (χ3n) is 3.79. The van der Waals surface area contributed by atoms with Crippen LogP contribution < -0.4 is 0 Å². The van der Waals surface area contributed by atoms with E-state index < -0.39 is 0 Å². The number of ether oxygens (including phenoxy) is 1. The van der Waals surface area contributed by atoms with Crippen molar-refractivity contribution in [3.63, 3.8) is 0 Å². The van der Waals surface area contributed by atoms with Gasteiger partial charge in [-0.25, -0.2) is 0 Å². The van der Waals surface area contributed by atoms with E-state index in [-0.39, 0.29) is 11.0 Å². The lowest BCUT2D eigenvalue weighted by Gasteiger charge is -2.44. The van der Waals surface area contributed by atoms with Crippen molar-refractivity contribution < 1.29 is 4.74 Å². The second kappa shape index (κ2) is 3.49. The second-order valence-corrected chi connectivity index (χ2v) is 7.23. The molecule has 2 heterocycles. The molecule has 0 aromatic carbocycles. The van der Waals surface area contributed by atoms with Crippen LogP contribution in [-0.2, 0) is 4.74 Å². The summed E-state index contributed by atoms with van der Waals surface area (Å²) in [5.41, 5.74) is 0.484. The lowest BCUT2D eigenvalue weighted by atomic mass is 9.81. The second-order valence-electron chi connectivity index (χ2n) is 7.23. The van der Waals surface area contributed by atoms with Crippen LogP contribution in [0.15, 0.2) is 12.3 Å². The van der Waals surface area contributed by atoms with E-state index in [4.69, 9.17) is 4.74 Å². The first-order chi connectivity index (χ1) is 7.21. The summed E-state index contributed by atoms with van der Waals surface area (Å²) in [6.45, 7) is 15.0. The summed E-state index contributed by atoms with van der Waals surface area (Å²) in [7, 11) is 0. The van der Waals surface area contributed by atoms with Crippen molar-refractivity contribution in [2.75, 3.05) is 6.54 Å². The average molecular weight is 223 g/mol. The zero-order valence-corrected chi connectivity index (χ0v) is 11.4. The summed E-state index contributed by atoms with van der Waals surface area (Å²) in [4.78, 5) is 2.62. The summed E-state index contributed by atoms with van der Waals surface area (Å²) in [6, 6.07) is 0.507. The summed E-state index contributed by atoms with van der Waals surface area (Å²) >= 11 is 0. The number of hydrogen-bond acceptors (Lipinski definition) is 2. The molecule has 92 valence electrons. The molecular weight excluding hydrogens is 198 g/mol. The summed E-state index contributed by atoms with van der Waals surface area (Å²) in [5, 5.41) is 0. The van der Waals surface area contributed by atoms with Gasteiger partial charge >= 0.3 is 0 Å². The topological polar surface area (TPSA) is 12.5 Å². The molecule has 2 nitrogen and oxygen atoms in total. The van der Waals surface area contributed by atoms with E-state index in [0.29, 0.717) is 18.1 Å². The third kappa shape index (κ3) is 1.88. The van der Waals surface area contributed by atoms with Crippen molar-refractivity contribution in [1.82, 2.24) is 4.90 Å². The SMILES string of the molecule is CC(C)(C)C1C2OC=CC2CN1C(C)(C)C. The molecule has 2 rings (SSSR count). The summed E-state index contributed by atoms with van der Waals surface area (Å²) in [5.74, 6) is 0.587. The third-order valence-corrected chi connectivity index (χ3v) is 3.79. The zero-order chi connectivity index (χ0) is 12.1. The van der Waals surface area contributed by atoms with E-state index in [1.165, 1.54) is 0 Å². The molecule has 0 spiro atoms. The van der Waals surface area contributed by atoms with E-state index in [9.17, 15) is 0 Å². The molecule has 2 aliphatic rings. The van der Waals surface area contributed by atoms with Crippen molar-refractivity contribution in [3.05, 3.63) is 12.3 Å². The standard InChI is InChI=1S/C14H25NO/c1-13(2,3)12-11-10(7-8-16-11)9-15(12)14(4,5)6/h7-8,10-12H,9H2,1-6H3. The summed E-state index contributed by atoms with van der Waals surface area (Å²) < 4.78 is 5.82. The van der Waals surface area contributed by atoms with E-state index in [2.05, 4.69) is 52.5 Å². The molecular formula is C14H25NO. The Morgan fingerprint density at radius 1 is 1.12 bits per heavy atom. The van der Waals surface area contributed by atoms with Gasteiger partial charge in [-0.1, -0.05) is 20.8 Å². The highest BCUT2D eigenvalue weighted by atomic mass is 16.5. The molecule has 0 aliphatic carbocycles. The van der Waals surface area contributed by atoms with Gasteiger partial charge < -0.3 is 4.74 Å². The lowest BCUT2D eigenvalue weighted by Crippen LogP contribution is -2.53. The molecule has 3 atom stereocenters. The monoisotopic (exact) mass is 223 g/mol. The molecule has 0 N–H and O–H groups in total. The van der Waals surface area contributed by atoms with Crippen LogP contribution in [0.5, 0.6) is 0 Å². The molecule has 0 amide bonds. The normalized spacial score (nSPS) is 35.2. The fraction of sp³-hybridized carbons (Fsp3) is 0.857. The van der Waals surface area contributed by atoms with E-state index in [1.54, 1.807) is 0 Å². The Morgan fingerprint density at radius 3 is 2.25 bits per heavy atom. The lowest BCUT2D eigenvalue weighted by molar-refractivity contribution is -0.000982. The van der Waals surface area contributed by atoms with Crippen LogP contribution in [0.4, 0.5) is 0 Å². The first-order valence-corrected chi connectivity index (χ1v) is 6.30. The van der Waals surface area contributed by atoms with Crippen LogP contribution in [0.25, 0.3) is 0 Å². The van der Waals surface area contributed by atoms with Crippen molar-refractivity contribution >= 4 is 0 Å². The molecule has 1 saturated heterocycles. The van der Waals surface area contributed by atoms with Crippen molar-refractivity contribution in [1.29, 1.82) is 0 Å². The van der Waals surface area contributed by atoms with Gasteiger partial charge in [-0.15, -0.1) is 0 Å². The Hall–Kier alpha value is -0.500. The van der Waals surface area contributed by atoms with Gasteiger partial charge in [-0.2, -0.15) is 0 Å². The Labute approximate surface area is 99.7 Å². The molecule has 2 aliphatic heterocycles. The molecule has 2 heteroatoms. The molecule has 16 heavy (non-hydrogen) atoms. The van der Waals surface area contributed by atoms with Crippen LogP contribution in [0.3, 0.4) is 0 Å². The van der Waals surface area contributed by atoms with Gasteiger partial charge in [0.15, 0.2) is 0 Å². The van der Waals surface area contributed by atoms with E-state index >= 15 is 0 Å². The molecule has 0 aromatic rings. The first kappa shape index (κ1) is 12.0. The Kier molecular flexibility index (Phi) is 2.61. The number of hydrogen-bond donors (Lipinski definition) is 0. The largest absolute Gasteiger partial charge is 0.496 e. The molecule has 3 unspecified atom stereocenters. The van der Waals surface area contributed by atoms with E-state index in [1.807, 2.05) is 6.26 Å². The maximum Gasteiger partial charge on any atom is 0.121 e. The minimum atomic E-state index is 0.222. The van der Waals surface area contributed by atoms with Crippen LogP contribution in [0.1, 0.15) is 41.5 Å². The minimum absolute atomic E-state index is 0.222. The minimum Gasteiger partial charge on any atom is -0.496 e. The van der Waals surface area contributed by atoms with E-state index in [0.717, 1.165) is 6.54 Å². The maximum atomic E-state index is 5.82. The van der Waals surface area contributed by atoms with Gasteiger partial charge in [0, 0.05) is 18.0 Å². The van der Waals surface area contributed by atoms with Gasteiger partial charge in [0.25, 0.3) is 0 Å². The van der Waals surface area contributed by atoms with Gasteiger partial charge in [-0.05, 0) is 32.3 Å². The highest BCUT2D eigenvalue weighted by Gasteiger charge is 2.51. The number of likely N-dealkylation sites (tertiary alicyclic amines) is 1. The van der Waals surface area contributed by atoms with Gasteiger partial charge in [0.05, 0.1) is 12.3 Å². The van der Waals surface area contributed by atoms with Gasteiger partial charge in [-0.3, -0.25) is 4.90 Å². The molecule has 0 radical (unpaired) electrons. The van der Waals surface area contributed by atoms with Crippen LogP contribution in [-0.4, -0.2) is 29.1 Å². The van der Waals surface area contributed by atoms with Crippen molar-refractivity contribution in [2.24, 2.45) is 11.3 Å². The molecule has 0 saturated carbocycles. The number of nitrogens with zero attached hydrogens (tertiary/aromatic N) is 1. The predicted octanol–water partition coefficient (Wildman–Crippen LogP) is 3.04. The fourth-order valence-electron chi connectivity index (χ4n) is 3.09. The predicted molar refractivity (Wildman–Crippen MR) is 67.2 cm³/mol. The van der Waals surface area contributed by atoms with Gasteiger partial charge in [0.1, 0.15) is 6.10 Å². The number of fused-ring (bicyclic) bond motifs is 1. The smallest absolute Gasteiger partial charge is 0.121 e. The fourth-order valence-corrected chi connectivity index (χ4v) is 3.09. The zero-order valence-electron chi connectivity index (χ0n) is 11.4. The Morgan fingerprint density at radius 2 is 1.75 bits per heavy atom. The van der Waals surface area contributed by atoms with Crippen molar-refractivity contribution in [2.45, 2.75) is 59.2 Å². The van der Waals surface area contributed by atoms with Crippen LogP contribution >= 0.6 is 0 Å². The van der Waals surface area contributed by atoms with Crippen molar-refractivity contribution in [3.8, 4) is 0 Å². The Balaban J connectivity index is 2.29. The number of rotatable bonds is 0. The Bertz CT molecular complexity index is 295.